The highest BCUT2D eigenvalue weighted by Gasteiger charge is 2.44. The Morgan fingerprint density at radius 2 is 1.50 bits per heavy atom. The Morgan fingerprint density at radius 1 is 0.868 bits per heavy atom. The summed E-state index contributed by atoms with van der Waals surface area (Å²) in [7, 11) is 4.56. The molecule has 0 amide bonds. The molecule has 0 aromatic heterocycles. The predicted octanol–water partition coefficient (Wildman–Crippen LogP) is 2.85. The van der Waals surface area contributed by atoms with Crippen LogP contribution in [0.3, 0.4) is 0 Å². The zero-order valence-corrected chi connectivity index (χ0v) is 21.1. The fourth-order valence-electron chi connectivity index (χ4n) is 3.98. The van der Waals surface area contributed by atoms with Gasteiger partial charge in [-0.05, 0) is 35.3 Å². The second-order valence-electron chi connectivity index (χ2n) is 7.99. The van der Waals surface area contributed by atoms with Gasteiger partial charge in [-0.25, -0.2) is 19.2 Å². The summed E-state index contributed by atoms with van der Waals surface area (Å²) in [5, 5.41) is 10.1. The number of hydrogen-bond donors (Lipinski definition) is 0. The molecule has 1 atom stereocenters. The molecule has 0 bridgehead atoms. The van der Waals surface area contributed by atoms with E-state index in [2.05, 4.69) is 4.99 Å². The van der Waals surface area contributed by atoms with Crippen molar-refractivity contribution in [2.75, 3.05) is 28.4 Å². The summed E-state index contributed by atoms with van der Waals surface area (Å²) >= 11 is 0. The number of methoxy groups -OCH3 is 4. The quantitative estimate of drug-likeness (QED) is 0.382. The first kappa shape index (κ1) is 27.5. The van der Waals surface area contributed by atoms with E-state index in [4.69, 9.17) is 18.9 Å². The molecule has 0 fully saturated rings. The topological polar surface area (TPSA) is 141 Å². The lowest BCUT2D eigenvalue weighted by atomic mass is 9.88. The van der Waals surface area contributed by atoms with Crippen LogP contribution in [0.4, 0.5) is 0 Å². The number of nitriles is 1. The normalized spacial score (nSPS) is 16.2. The molecule has 0 saturated carbocycles. The van der Waals surface area contributed by atoms with Gasteiger partial charge in [-0.3, -0.25) is 4.99 Å². The lowest BCUT2D eigenvalue weighted by molar-refractivity contribution is -0.139. The fraction of sp³-hybridized carbons (Fsp3) is 0.214. The molecule has 194 valence electrons. The van der Waals surface area contributed by atoms with Gasteiger partial charge in [0, 0.05) is 6.21 Å². The van der Waals surface area contributed by atoms with E-state index >= 15 is 0 Å². The van der Waals surface area contributed by atoms with Crippen molar-refractivity contribution in [2.24, 2.45) is 4.99 Å². The third-order valence-corrected chi connectivity index (χ3v) is 5.79. The van der Waals surface area contributed by atoms with E-state index in [1.54, 1.807) is 6.07 Å². The van der Waals surface area contributed by atoms with E-state index in [-0.39, 0.29) is 27.8 Å². The zero-order chi connectivity index (χ0) is 27.9. The first-order valence-corrected chi connectivity index (χ1v) is 11.2. The van der Waals surface area contributed by atoms with Crippen LogP contribution in [0.1, 0.15) is 37.4 Å². The fourth-order valence-corrected chi connectivity index (χ4v) is 3.98. The highest BCUT2D eigenvalue weighted by Crippen LogP contribution is 2.34. The van der Waals surface area contributed by atoms with Crippen LogP contribution in [0.25, 0.3) is 6.08 Å². The van der Waals surface area contributed by atoms with Gasteiger partial charge in [0.05, 0.1) is 50.7 Å². The third kappa shape index (κ3) is 5.37. The molecular weight excluding hydrogens is 492 g/mol. The van der Waals surface area contributed by atoms with Gasteiger partial charge in [-0.1, -0.05) is 42.5 Å². The second-order valence-corrected chi connectivity index (χ2v) is 7.99. The van der Waals surface area contributed by atoms with Crippen molar-refractivity contribution in [1.82, 2.24) is 0 Å². The molecular formula is C28H24N2O8. The number of aliphatic imine (C=N–C) groups is 1. The Labute approximate surface area is 218 Å². The number of nitrogens with zero attached hydrogens (tertiary/aromatic N) is 2. The molecule has 0 N–H and O–H groups in total. The first-order chi connectivity index (χ1) is 18.2. The number of carbonyl (C=O) groups excluding carboxylic acids is 4. The Balaban J connectivity index is 2.25. The molecule has 1 heterocycles. The number of carbonyl (C=O) groups is 4. The molecule has 10 nitrogen and oxygen atoms in total. The number of benzene rings is 2. The molecule has 0 spiro atoms. The predicted molar refractivity (Wildman–Crippen MR) is 135 cm³/mol. The molecule has 10 heteroatoms. The van der Waals surface area contributed by atoms with Crippen LogP contribution in [-0.2, 0) is 35.0 Å². The molecule has 2 aromatic carbocycles. The van der Waals surface area contributed by atoms with E-state index in [0.29, 0.717) is 12.0 Å². The Bertz CT molecular complexity index is 1420. The van der Waals surface area contributed by atoms with Crippen molar-refractivity contribution in [3.05, 3.63) is 87.5 Å². The van der Waals surface area contributed by atoms with Crippen molar-refractivity contribution in [3.63, 3.8) is 0 Å². The average molecular weight is 517 g/mol. The molecule has 38 heavy (non-hydrogen) atoms. The van der Waals surface area contributed by atoms with Gasteiger partial charge in [0.1, 0.15) is 6.07 Å². The number of esters is 4. The van der Waals surface area contributed by atoms with E-state index in [9.17, 15) is 24.4 Å². The van der Waals surface area contributed by atoms with E-state index in [1.165, 1.54) is 25.3 Å². The zero-order valence-electron chi connectivity index (χ0n) is 21.1. The summed E-state index contributed by atoms with van der Waals surface area (Å²) in [4.78, 5) is 54.4. The minimum absolute atomic E-state index is 0.0488. The minimum Gasteiger partial charge on any atom is -0.466 e. The Kier molecular flexibility index (Phi) is 8.55. The van der Waals surface area contributed by atoms with Crippen LogP contribution in [-0.4, -0.2) is 64.1 Å². The third-order valence-electron chi connectivity index (χ3n) is 5.79. The largest absolute Gasteiger partial charge is 0.466 e. The van der Waals surface area contributed by atoms with Crippen molar-refractivity contribution in [2.45, 2.75) is 12.0 Å². The number of hydrogen-bond acceptors (Lipinski definition) is 10. The summed E-state index contributed by atoms with van der Waals surface area (Å²) in [6.45, 7) is 0. The average Bonchev–Trinajstić information content (AvgIpc) is 3.34. The van der Waals surface area contributed by atoms with Gasteiger partial charge in [-0.2, -0.15) is 5.26 Å². The second kappa shape index (κ2) is 11.8. The lowest BCUT2D eigenvalue weighted by Crippen LogP contribution is -2.29. The van der Waals surface area contributed by atoms with Gasteiger partial charge >= 0.3 is 23.9 Å². The maximum atomic E-state index is 12.8. The maximum Gasteiger partial charge on any atom is 0.340 e. The van der Waals surface area contributed by atoms with E-state index < -0.39 is 29.4 Å². The molecule has 1 aliphatic heterocycles. The summed E-state index contributed by atoms with van der Waals surface area (Å²) in [5.41, 5.74) is -0.922. The highest BCUT2D eigenvalue weighted by atomic mass is 16.5. The van der Waals surface area contributed by atoms with Crippen LogP contribution in [0, 0.1) is 11.3 Å². The van der Waals surface area contributed by atoms with Gasteiger partial charge in [0.25, 0.3) is 0 Å². The Hall–Kier alpha value is -5.04. The molecule has 2 aromatic rings. The lowest BCUT2D eigenvalue weighted by Gasteiger charge is -2.18. The van der Waals surface area contributed by atoms with Crippen molar-refractivity contribution in [3.8, 4) is 6.07 Å². The minimum atomic E-state index is -1.97. The molecule has 0 saturated heterocycles. The van der Waals surface area contributed by atoms with Crippen LogP contribution in [0.15, 0.2) is 64.7 Å². The maximum absolute atomic E-state index is 12.8. The van der Waals surface area contributed by atoms with E-state index in [1.807, 2.05) is 36.4 Å². The van der Waals surface area contributed by atoms with Crippen LogP contribution < -0.4 is 0 Å². The van der Waals surface area contributed by atoms with Crippen molar-refractivity contribution >= 4 is 36.2 Å². The molecule has 0 aliphatic carbocycles. The molecule has 3 rings (SSSR count). The molecule has 1 aliphatic rings. The SMILES string of the molecule is COC(=O)C1=C(C(=O)OC)C(C#N)(/C=C\c2cc(Cc3ccccc3)cc(C(=O)OC)c2C(=O)OC)N=C1. The van der Waals surface area contributed by atoms with Crippen LogP contribution in [0.5, 0.6) is 0 Å². The van der Waals surface area contributed by atoms with Gasteiger partial charge in [0.15, 0.2) is 5.54 Å². The van der Waals surface area contributed by atoms with Crippen LogP contribution in [0.2, 0.25) is 0 Å². The van der Waals surface area contributed by atoms with Crippen molar-refractivity contribution in [1.29, 1.82) is 5.26 Å². The summed E-state index contributed by atoms with van der Waals surface area (Å²) < 4.78 is 19.3. The number of ether oxygens (including phenoxy) is 4. The van der Waals surface area contributed by atoms with Gasteiger partial charge in [-0.15, -0.1) is 0 Å². The Morgan fingerprint density at radius 3 is 2.08 bits per heavy atom. The van der Waals surface area contributed by atoms with E-state index in [0.717, 1.165) is 33.1 Å². The number of rotatable bonds is 8. The summed E-state index contributed by atoms with van der Waals surface area (Å²) in [6.07, 6.45) is 4.06. The van der Waals surface area contributed by atoms with Crippen molar-refractivity contribution < 1.29 is 38.1 Å². The summed E-state index contributed by atoms with van der Waals surface area (Å²) in [5.74, 6) is -3.44. The van der Waals surface area contributed by atoms with Gasteiger partial charge in [0.2, 0.25) is 0 Å². The smallest absolute Gasteiger partial charge is 0.340 e. The standard InChI is InChI=1S/C28H24N2O8/c1-35-24(31)20-14-18(12-17-8-6-5-7-9-17)13-19(22(20)26(33)37-3)10-11-28(16-29)23(27(34)38-4)21(15-30-28)25(32)36-2/h5-11,13-15H,12H2,1-4H3/b11-10-. The molecule has 0 radical (unpaired) electrons. The highest BCUT2D eigenvalue weighted by molar-refractivity contribution is 6.19. The first-order valence-electron chi connectivity index (χ1n) is 11.2. The van der Waals surface area contributed by atoms with Crippen LogP contribution >= 0.6 is 0 Å². The van der Waals surface area contributed by atoms with Gasteiger partial charge < -0.3 is 18.9 Å². The summed E-state index contributed by atoms with van der Waals surface area (Å²) in [6, 6.07) is 14.5. The molecule has 1 unspecified atom stereocenters. The monoisotopic (exact) mass is 516 g/mol.